The van der Waals surface area contributed by atoms with Gasteiger partial charge in [0.15, 0.2) is 6.61 Å². The maximum absolute atomic E-state index is 12.1. The Balaban J connectivity index is 1.54. The van der Waals surface area contributed by atoms with Gasteiger partial charge in [0, 0.05) is 19.9 Å². The summed E-state index contributed by atoms with van der Waals surface area (Å²) in [5.74, 6) is 0.546. The molecule has 3 rings (SSSR count). The lowest BCUT2D eigenvalue weighted by Gasteiger charge is -2.20. The van der Waals surface area contributed by atoms with Gasteiger partial charge in [-0.3, -0.25) is 9.48 Å². The molecule has 2 heterocycles. The predicted octanol–water partition coefficient (Wildman–Crippen LogP) is 1.75. The van der Waals surface area contributed by atoms with Crippen LogP contribution in [0, 0.1) is 6.92 Å². The number of nitrogens with one attached hydrogen (secondary N) is 1. The van der Waals surface area contributed by atoms with Crippen LogP contribution in [0.5, 0.6) is 5.75 Å². The molecule has 122 valence electrons. The van der Waals surface area contributed by atoms with Crippen molar-refractivity contribution in [1.29, 1.82) is 0 Å². The third-order valence-electron chi connectivity index (χ3n) is 3.98. The third-order valence-corrected chi connectivity index (χ3v) is 3.98. The van der Waals surface area contributed by atoms with Crippen molar-refractivity contribution >= 4 is 5.91 Å². The normalized spacial score (nSPS) is 20.4. The molecule has 0 spiro atoms. The van der Waals surface area contributed by atoms with Crippen molar-refractivity contribution < 1.29 is 14.3 Å². The van der Waals surface area contributed by atoms with E-state index in [4.69, 9.17) is 9.47 Å². The summed E-state index contributed by atoms with van der Waals surface area (Å²) in [6.45, 7) is 2.63. The zero-order chi connectivity index (χ0) is 16.2. The molecule has 1 aromatic heterocycles. The molecular weight excluding hydrogens is 294 g/mol. The fraction of sp³-hybridized carbons (Fsp3) is 0.412. The van der Waals surface area contributed by atoms with E-state index in [-0.39, 0.29) is 24.7 Å². The Morgan fingerprint density at radius 2 is 2.17 bits per heavy atom. The topological polar surface area (TPSA) is 65.4 Å². The largest absolute Gasteiger partial charge is 0.484 e. The Morgan fingerprint density at radius 1 is 1.39 bits per heavy atom. The second kappa shape index (κ2) is 6.83. The quantitative estimate of drug-likeness (QED) is 0.913. The van der Waals surface area contributed by atoms with Crippen molar-refractivity contribution in [3.63, 3.8) is 0 Å². The van der Waals surface area contributed by atoms with Crippen LogP contribution in [0.1, 0.15) is 23.8 Å². The zero-order valence-corrected chi connectivity index (χ0v) is 13.4. The first-order chi connectivity index (χ1) is 11.1. The SMILES string of the molecule is Cc1ccc(OCC(=O)N[C@H]2CCO[C@@H]2c2ccnn2C)cc1. The summed E-state index contributed by atoms with van der Waals surface area (Å²) < 4.78 is 13.0. The second-order valence-electron chi connectivity index (χ2n) is 5.74. The lowest BCUT2D eigenvalue weighted by atomic mass is 10.1. The van der Waals surface area contributed by atoms with Crippen LogP contribution >= 0.6 is 0 Å². The minimum absolute atomic E-state index is 0.00231. The van der Waals surface area contributed by atoms with Gasteiger partial charge in [-0.15, -0.1) is 0 Å². The highest BCUT2D eigenvalue weighted by molar-refractivity contribution is 5.78. The molecule has 0 bridgehead atoms. The number of benzene rings is 1. The summed E-state index contributed by atoms with van der Waals surface area (Å²) in [6, 6.07) is 9.49. The highest BCUT2D eigenvalue weighted by atomic mass is 16.5. The molecule has 1 amide bonds. The molecule has 1 saturated heterocycles. The smallest absolute Gasteiger partial charge is 0.258 e. The van der Waals surface area contributed by atoms with Crippen molar-refractivity contribution in [3.05, 3.63) is 47.8 Å². The van der Waals surface area contributed by atoms with E-state index in [0.717, 1.165) is 17.7 Å². The third kappa shape index (κ3) is 3.71. The van der Waals surface area contributed by atoms with Crippen molar-refractivity contribution in [2.45, 2.75) is 25.5 Å². The van der Waals surface area contributed by atoms with E-state index in [0.29, 0.717) is 12.4 Å². The maximum Gasteiger partial charge on any atom is 0.258 e. The summed E-state index contributed by atoms with van der Waals surface area (Å²) in [5.41, 5.74) is 2.12. The molecule has 6 heteroatoms. The van der Waals surface area contributed by atoms with Gasteiger partial charge in [0.25, 0.3) is 5.91 Å². The number of rotatable bonds is 5. The van der Waals surface area contributed by atoms with Crippen LogP contribution in [0.25, 0.3) is 0 Å². The monoisotopic (exact) mass is 315 g/mol. The standard InChI is InChI=1S/C17H21N3O3/c1-12-3-5-13(6-4-12)23-11-16(21)19-14-8-10-22-17(14)15-7-9-18-20(15)2/h3-7,9,14,17H,8,10-11H2,1-2H3,(H,19,21)/t14-,17-/m0/s1. The molecule has 23 heavy (non-hydrogen) atoms. The number of amides is 1. The van der Waals surface area contributed by atoms with Crippen LogP contribution in [-0.4, -0.2) is 34.9 Å². The molecule has 1 aliphatic rings. The van der Waals surface area contributed by atoms with Gasteiger partial charge in [-0.1, -0.05) is 17.7 Å². The van der Waals surface area contributed by atoms with Crippen LogP contribution in [-0.2, 0) is 16.6 Å². The lowest BCUT2D eigenvalue weighted by molar-refractivity contribution is -0.124. The van der Waals surface area contributed by atoms with Gasteiger partial charge in [-0.05, 0) is 31.5 Å². The number of nitrogens with zero attached hydrogens (tertiary/aromatic N) is 2. The molecule has 0 radical (unpaired) electrons. The van der Waals surface area contributed by atoms with Crippen LogP contribution in [0.15, 0.2) is 36.5 Å². The number of carbonyl (C=O) groups excluding carboxylic acids is 1. The van der Waals surface area contributed by atoms with E-state index >= 15 is 0 Å². The molecule has 0 aliphatic carbocycles. The van der Waals surface area contributed by atoms with Gasteiger partial charge >= 0.3 is 0 Å². The Morgan fingerprint density at radius 3 is 2.87 bits per heavy atom. The van der Waals surface area contributed by atoms with E-state index < -0.39 is 0 Å². The van der Waals surface area contributed by atoms with Gasteiger partial charge in [0.1, 0.15) is 11.9 Å². The molecule has 1 N–H and O–H groups in total. The van der Waals surface area contributed by atoms with Gasteiger partial charge < -0.3 is 14.8 Å². The molecule has 2 atom stereocenters. The Hall–Kier alpha value is -2.34. The number of carbonyl (C=O) groups is 1. The van der Waals surface area contributed by atoms with Gasteiger partial charge in [-0.25, -0.2) is 0 Å². The van der Waals surface area contributed by atoms with Crippen LogP contribution in [0.3, 0.4) is 0 Å². The first kappa shape index (κ1) is 15.6. The second-order valence-corrected chi connectivity index (χ2v) is 5.74. The van der Waals surface area contributed by atoms with Crippen molar-refractivity contribution in [2.24, 2.45) is 7.05 Å². The molecular formula is C17H21N3O3. The van der Waals surface area contributed by atoms with E-state index in [1.165, 1.54) is 0 Å². The van der Waals surface area contributed by atoms with Crippen LogP contribution in [0.4, 0.5) is 0 Å². The molecule has 2 aromatic rings. The van der Waals surface area contributed by atoms with Gasteiger partial charge in [-0.2, -0.15) is 5.10 Å². The molecule has 1 aliphatic heterocycles. The minimum Gasteiger partial charge on any atom is -0.484 e. The first-order valence-corrected chi connectivity index (χ1v) is 7.72. The van der Waals surface area contributed by atoms with Crippen molar-refractivity contribution in [3.8, 4) is 5.75 Å². The summed E-state index contributed by atoms with van der Waals surface area (Å²) in [7, 11) is 1.87. The zero-order valence-electron chi connectivity index (χ0n) is 13.4. The maximum atomic E-state index is 12.1. The van der Waals surface area contributed by atoms with Crippen molar-refractivity contribution in [2.75, 3.05) is 13.2 Å². The summed E-state index contributed by atoms with van der Waals surface area (Å²) in [5, 5.41) is 7.15. The number of ether oxygens (including phenoxy) is 2. The number of aryl methyl sites for hydroxylation is 2. The minimum atomic E-state index is -0.161. The fourth-order valence-electron chi connectivity index (χ4n) is 2.72. The predicted molar refractivity (Wildman–Crippen MR) is 85.1 cm³/mol. The van der Waals surface area contributed by atoms with Crippen LogP contribution < -0.4 is 10.1 Å². The van der Waals surface area contributed by atoms with E-state index in [9.17, 15) is 4.79 Å². The van der Waals surface area contributed by atoms with E-state index in [1.54, 1.807) is 10.9 Å². The number of hydrogen-bond acceptors (Lipinski definition) is 4. The lowest BCUT2D eigenvalue weighted by Crippen LogP contribution is -2.40. The Kier molecular flexibility index (Phi) is 4.62. The summed E-state index contributed by atoms with van der Waals surface area (Å²) in [6.07, 6.45) is 2.36. The van der Waals surface area contributed by atoms with E-state index in [2.05, 4.69) is 10.4 Å². The van der Waals surface area contributed by atoms with E-state index in [1.807, 2.05) is 44.3 Å². The number of aromatic nitrogens is 2. The fourth-order valence-corrected chi connectivity index (χ4v) is 2.72. The molecule has 6 nitrogen and oxygen atoms in total. The average Bonchev–Trinajstić information content (AvgIpc) is 3.15. The molecule has 1 fully saturated rings. The molecule has 0 saturated carbocycles. The van der Waals surface area contributed by atoms with Gasteiger partial charge in [0.05, 0.1) is 11.7 Å². The molecule has 0 unspecified atom stereocenters. The van der Waals surface area contributed by atoms with Crippen molar-refractivity contribution in [1.82, 2.24) is 15.1 Å². The first-order valence-electron chi connectivity index (χ1n) is 7.72. The molecule has 1 aromatic carbocycles. The summed E-state index contributed by atoms with van der Waals surface area (Å²) in [4.78, 5) is 12.1. The highest BCUT2D eigenvalue weighted by Crippen LogP contribution is 2.28. The average molecular weight is 315 g/mol. The van der Waals surface area contributed by atoms with Crippen LogP contribution in [0.2, 0.25) is 0 Å². The van der Waals surface area contributed by atoms with Gasteiger partial charge in [0.2, 0.25) is 0 Å². The summed E-state index contributed by atoms with van der Waals surface area (Å²) >= 11 is 0. The Bertz CT molecular complexity index is 666. The number of hydrogen-bond donors (Lipinski definition) is 1. The Labute approximate surface area is 135 Å². The highest BCUT2D eigenvalue weighted by Gasteiger charge is 2.32.